The lowest BCUT2D eigenvalue weighted by atomic mass is 10.0. The van der Waals surface area contributed by atoms with Crippen molar-refractivity contribution in [1.29, 1.82) is 0 Å². The molecule has 0 saturated carbocycles. The summed E-state index contributed by atoms with van der Waals surface area (Å²) in [5.41, 5.74) is 0.856. The van der Waals surface area contributed by atoms with Crippen molar-refractivity contribution < 1.29 is 14.3 Å². The van der Waals surface area contributed by atoms with Gasteiger partial charge in [0, 0.05) is 12.8 Å². The number of rotatable bonds is 9. The standard InChI is InChI=1S/C17H20N6O3/c1-18-10-6-9-16(24)19-12-15-20-21-22-23(15)14(11-17(25)26-2)13-7-4-3-5-8-13/h3-5,7-8,14H,6,9-12H2,2H3,(H,19,24). The maximum Gasteiger partial charge on any atom is 0.308 e. The molecule has 1 aromatic carbocycles. The van der Waals surface area contributed by atoms with Crippen molar-refractivity contribution >= 4 is 11.9 Å². The Balaban J connectivity index is 2.12. The zero-order valence-electron chi connectivity index (χ0n) is 14.5. The van der Waals surface area contributed by atoms with Crippen LogP contribution in [0.5, 0.6) is 0 Å². The van der Waals surface area contributed by atoms with Gasteiger partial charge < -0.3 is 14.9 Å². The topological polar surface area (TPSA) is 103 Å². The number of hydrogen-bond donors (Lipinski definition) is 1. The van der Waals surface area contributed by atoms with E-state index in [9.17, 15) is 9.59 Å². The van der Waals surface area contributed by atoms with Gasteiger partial charge in [-0.05, 0) is 16.0 Å². The Morgan fingerprint density at radius 2 is 2.12 bits per heavy atom. The van der Waals surface area contributed by atoms with Crippen LogP contribution in [-0.4, -0.2) is 45.7 Å². The van der Waals surface area contributed by atoms with Gasteiger partial charge in [-0.15, -0.1) is 5.10 Å². The van der Waals surface area contributed by atoms with E-state index in [2.05, 4.69) is 25.7 Å². The molecule has 9 nitrogen and oxygen atoms in total. The molecular formula is C17H20N6O3. The first-order valence-corrected chi connectivity index (χ1v) is 8.14. The van der Waals surface area contributed by atoms with Crippen molar-refractivity contribution in [2.45, 2.75) is 31.8 Å². The van der Waals surface area contributed by atoms with Crippen LogP contribution in [0.3, 0.4) is 0 Å². The molecule has 0 aliphatic heterocycles. The van der Waals surface area contributed by atoms with Crippen molar-refractivity contribution in [3.63, 3.8) is 0 Å². The lowest BCUT2D eigenvalue weighted by Crippen LogP contribution is -2.27. The third-order valence-corrected chi connectivity index (χ3v) is 3.75. The quantitative estimate of drug-likeness (QED) is 0.411. The molecule has 0 bridgehead atoms. The number of ether oxygens (including phenoxy) is 1. The van der Waals surface area contributed by atoms with Crippen LogP contribution in [0.1, 0.15) is 36.7 Å². The number of carbonyl (C=O) groups excluding carboxylic acids is 2. The average molecular weight is 356 g/mol. The van der Waals surface area contributed by atoms with Gasteiger partial charge in [0.2, 0.25) is 12.5 Å². The highest BCUT2D eigenvalue weighted by molar-refractivity contribution is 5.75. The summed E-state index contributed by atoms with van der Waals surface area (Å²) < 4.78 is 6.30. The number of nitrogens with one attached hydrogen (secondary N) is 1. The smallest absolute Gasteiger partial charge is 0.308 e. The molecule has 0 radical (unpaired) electrons. The minimum atomic E-state index is -0.437. The van der Waals surface area contributed by atoms with Gasteiger partial charge in [-0.3, -0.25) is 9.59 Å². The fraction of sp³-hybridized carbons (Fsp3) is 0.412. The predicted octanol–water partition coefficient (Wildman–Crippen LogP) is 1.14. The normalized spacial score (nSPS) is 11.4. The maximum absolute atomic E-state index is 11.8. The van der Waals surface area contributed by atoms with Crippen LogP contribution in [0.2, 0.25) is 0 Å². The van der Waals surface area contributed by atoms with Crippen LogP contribution in [0.15, 0.2) is 30.3 Å². The van der Waals surface area contributed by atoms with Gasteiger partial charge in [0.05, 0.1) is 26.1 Å². The van der Waals surface area contributed by atoms with Crippen molar-refractivity contribution in [2.75, 3.05) is 13.7 Å². The van der Waals surface area contributed by atoms with Crippen LogP contribution in [-0.2, 0) is 20.9 Å². The second kappa shape index (κ2) is 9.88. The summed E-state index contributed by atoms with van der Waals surface area (Å²) in [5.74, 6) is -0.128. The highest BCUT2D eigenvalue weighted by Gasteiger charge is 2.23. The summed E-state index contributed by atoms with van der Waals surface area (Å²) in [4.78, 5) is 26.9. The fourth-order valence-corrected chi connectivity index (χ4v) is 2.42. The molecule has 0 spiro atoms. The number of amides is 1. The molecule has 2 aromatic rings. The second-order valence-electron chi connectivity index (χ2n) is 5.51. The number of esters is 1. The largest absolute Gasteiger partial charge is 0.469 e. The number of aromatic nitrogens is 4. The Bertz CT molecular complexity index is 768. The number of nitrogens with zero attached hydrogens (tertiary/aromatic N) is 5. The van der Waals surface area contributed by atoms with Gasteiger partial charge in [-0.25, -0.2) is 11.3 Å². The van der Waals surface area contributed by atoms with E-state index in [-0.39, 0.29) is 31.3 Å². The summed E-state index contributed by atoms with van der Waals surface area (Å²) in [5, 5.41) is 14.4. The molecule has 1 N–H and O–H groups in total. The molecule has 1 amide bonds. The first kappa shape index (κ1) is 19.1. The van der Waals surface area contributed by atoms with E-state index in [1.165, 1.54) is 11.8 Å². The molecule has 0 aliphatic rings. The average Bonchev–Trinajstić information content (AvgIpc) is 3.13. The van der Waals surface area contributed by atoms with Crippen molar-refractivity contribution in [3.05, 3.63) is 53.1 Å². The lowest BCUT2D eigenvalue weighted by Gasteiger charge is -2.18. The summed E-state index contributed by atoms with van der Waals surface area (Å²) in [6, 6.07) is 8.92. The summed E-state index contributed by atoms with van der Waals surface area (Å²) in [6.45, 7) is 7.17. The number of tetrazole rings is 1. The summed E-state index contributed by atoms with van der Waals surface area (Å²) in [7, 11) is 1.33. The molecule has 9 heteroatoms. The van der Waals surface area contributed by atoms with Gasteiger partial charge in [-0.1, -0.05) is 30.3 Å². The predicted molar refractivity (Wildman–Crippen MR) is 91.6 cm³/mol. The minimum absolute atomic E-state index is 0.0670. The second-order valence-corrected chi connectivity index (χ2v) is 5.51. The third-order valence-electron chi connectivity index (χ3n) is 3.75. The Morgan fingerprint density at radius 1 is 1.35 bits per heavy atom. The number of benzene rings is 1. The zero-order chi connectivity index (χ0) is 18.8. The third kappa shape index (κ3) is 5.37. The number of methoxy groups -OCH3 is 1. The van der Waals surface area contributed by atoms with E-state index in [0.29, 0.717) is 18.8 Å². The molecule has 1 unspecified atom stereocenters. The van der Waals surface area contributed by atoms with Crippen molar-refractivity contribution in [1.82, 2.24) is 25.5 Å². The maximum atomic E-state index is 11.8. The SMILES string of the molecule is [C-]#[N+]CCCC(=O)NCc1nnnn1C(CC(=O)OC)c1ccccc1. The van der Waals surface area contributed by atoms with Crippen LogP contribution >= 0.6 is 0 Å². The first-order valence-electron chi connectivity index (χ1n) is 8.14. The molecule has 1 aromatic heterocycles. The molecule has 1 atom stereocenters. The Morgan fingerprint density at radius 3 is 2.81 bits per heavy atom. The molecule has 26 heavy (non-hydrogen) atoms. The van der Waals surface area contributed by atoms with E-state index in [1.807, 2.05) is 30.3 Å². The highest BCUT2D eigenvalue weighted by Crippen LogP contribution is 2.22. The monoisotopic (exact) mass is 356 g/mol. The van der Waals surface area contributed by atoms with E-state index in [0.717, 1.165) is 5.56 Å². The summed E-state index contributed by atoms with van der Waals surface area (Å²) >= 11 is 0. The minimum Gasteiger partial charge on any atom is -0.469 e. The van der Waals surface area contributed by atoms with Crippen molar-refractivity contribution in [3.8, 4) is 0 Å². The van der Waals surface area contributed by atoms with Gasteiger partial charge in [0.15, 0.2) is 5.82 Å². The van der Waals surface area contributed by atoms with Gasteiger partial charge in [0.25, 0.3) is 0 Å². The molecule has 2 rings (SSSR count). The van der Waals surface area contributed by atoms with Crippen molar-refractivity contribution in [2.24, 2.45) is 0 Å². The number of hydrogen-bond acceptors (Lipinski definition) is 6. The van der Waals surface area contributed by atoms with Crippen LogP contribution < -0.4 is 5.32 Å². The Kier molecular flexibility index (Phi) is 7.24. The lowest BCUT2D eigenvalue weighted by molar-refractivity contribution is -0.141. The van der Waals surface area contributed by atoms with E-state index in [4.69, 9.17) is 11.3 Å². The fourth-order valence-electron chi connectivity index (χ4n) is 2.42. The first-order chi connectivity index (χ1) is 12.7. The zero-order valence-corrected chi connectivity index (χ0v) is 14.5. The Hall–Kier alpha value is -3.28. The molecule has 0 aliphatic carbocycles. The van der Waals surface area contributed by atoms with E-state index < -0.39 is 6.04 Å². The molecular weight excluding hydrogens is 336 g/mol. The molecule has 0 saturated heterocycles. The van der Waals surface area contributed by atoms with Crippen LogP contribution in [0.4, 0.5) is 0 Å². The highest BCUT2D eigenvalue weighted by atomic mass is 16.5. The molecule has 136 valence electrons. The van der Waals surface area contributed by atoms with Gasteiger partial charge in [0.1, 0.15) is 0 Å². The molecule has 1 heterocycles. The molecule has 0 fully saturated rings. The van der Waals surface area contributed by atoms with E-state index in [1.54, 1.807) is 0 Å². The van der Waals surface area contributed by atoms with Crippen LogP contribution in [0, 0.1) is 6.57 Å². The number of carbonyl (C=O) groups is 2. The van der Waals surface area contributed by atoms with Gasteiger partial charge >= 0.3 is 5.97 Å². The Labute approximate surface area is 151 Å². The van der Waals surface area contributed by atoms with Crippen LogP contribution in [0.25, 0.3) is 4.85 Å². The van der Waals surface area contributed by atoms with Gasteiger partial charge in [-0.2, -0.15) is 0 Å². The summed E-state index contributed by atoms with van der Waals surface area (Å²) in [6.07, 6.45) is 0.848. The van der Waals surface area contributed by atoms with E-state index >= 15 is 0 Å².